The molecule has 83 heavy (non-hydrogen) atoms. The van der Waals surface area contributed by atoms with E-state index in [1.54, 1.807) is 6.08 Å². The number of aliphatic hydroxyl groups excluding tert-OH is 2. The van der Waals surface area contributed by atoms with Crippen molar-refractivity contribution in [3.8, 4) is 0 Å². The molecule has 0 heterocycles. The molecule has 6 nitrogen and oxygen atoms in total. The molecule has 0 aromatic carbocycles. The number of unbranched alkanes of at least 4 members (excludes halogenated alkanes) is 56. The predicted molar refractivity (Wildman–Crippen MR) is 366 cm³/mol. The van der Waals surface area contributed by atoms with Crippen molar-refractivity contribution in [2.75, 3.05) is 13.2 Å². The van der Waals surface area contributed by atoms with E-state index < -0.39 is 12.1 Å². The van der Waals surface area contributed by atoms with Gasteiger partial charge in [-0.1, -0.05) is 378 Å². The van der Waals surface area contributed by atoms with Gasteiger partial charge in [0, 0.05) is 12.8 Å². The zero-order valence-corrected chi connectivity index (χ0v) is 56.2. The van der Waals surface area contributed by atoms with Crippen molar-refractivity contribution in [3.05, 3.63) is 36.5 Å². The zero-order chi connectivity index (χ0) is 59.9. The number of aliphatic hydroxyl groups is 2. The maximum atomic E-state index is 12.5. The minimum absolute atomic E-state index is 0.0128. The van der Waals surface area contributed by atoms with Gasteiger partial charge in [-0.05, 0) is 64.2 Å². The van der Waals surface area contributed by atoms with Crippen LogP contribution in [0, 0.1) is 0 Å². The molecular weight excluding hydrogens is 1020 g/mol. The number of carbonyl (C=O) groups is 2. The highest BCUT2D eigenvalue weighted by Gasteiger charge is 2.18. The van der Waals surface area contributed by atoms with Gasteiger partial charge in [-0.3, -0.25) is 9.59 Å². The third kappa shape index (κ3) is 69.1. The quantitative estimate of drug-likeness (QED) is 0.0320. The van der Waals surface area contributed by atoms with Crippen molar-refractivity contribution in [2.24, 2.45) is 0 Å². The van der Waals surface area contributed by atoms with Gasteiger partial charge in [0.25, 0.3) is 0 Å². The lowest BCUT2D eigenvalue weighted by molar-refractivity contribution is -0.143. The molecule has 0 radical (unpaired) electrons. The van der Waals surface area contributed by atoms with Gasteiger partial charge in [0.1, 0.15) is 0 Å². The van der Waals surface area contributed by atoms with E-state index in [1.165, 1.54) is 347 Å². The minimum Gasteiger partial charge on any atom is -0.466 e. The zero-order valence-electron chi connectivity index (χ0n) is 56.2. The van der Waals surface area contributed by atoms with E-state index in [4.69, 9.17) is 4.74 Å². The van der Waals surface area contributed by atoms with Crippen molar-refractivity contribution in [1.82, 2.24) is 5.32 Å². The summed E-state index contributed by atoms with van der Waals surface area (Å²) in [6.07, 6.45) is 93.8. The van der Waals surface area contributed by atoms with E-state index in [0.717, 1.165) is 44.9 Å². The number of hydrogen-bond donors (Lipinski definition) is 3. The normalized spacial score (nSPS) is 12.7. The molecule has 0 bridgehead atoms. The molecule has 6 heteroatoms. The second-order valence-corrected chi connectivity index (χ2v) is 26.0. The van der Waals surface area contributed by atoms with E-state index in [0.29, 0.717) is 19.4 Å². The van der Waals surface area contributed by atoms with E-state index in [9.17, 15) is 19.8 Å². The van der Waals surface area contributed by atoms with Crippen molar-refractivity contribution < 1.29 is 24.5 Å². The van der Waals surface area contributed by atoms with E-state index in [-0.39, 0.29) is 18.5 Å². The molecule has 1 amide bonds. The van der Waals surface area contributed by atoms with Gasteiger partial charge in [-0.2, -0.15) is 0 Å². The highest BCUT2D eigenvalue weighted by atomic mass is 16.5. The first-order valence-corrected chi connectivity index (χ1v) is 37.8. The van der Waals surface area contributed by atoms with Crippen molar-refractivity contribution in [3.63, 3.8) is 0 Å². The first-order chi connectivity index (χ1) is 41.0. The van der Waals surface area contributed by atoms with Crippen LogP contribution >= 0.6 is 0 Å². The maximum absolute atomic E-state index is 12.5. The Bertz CT molecular complexity index is 1340. The Kier molecular flexibility index (Phi) is 70.9. The first kappa shape index (κ1) is 81.1. The molecular formula is C77H147NO5. The van der Waals surface area contributed by atoms with E-state index in [1.807, 2.05) is 6.08 Å². The summed E-state index contributed by atoms with van der Waals surface area (Å²) in [5.41, 5.74) is 0. The van der Waals surface area contributed by atoms with Crippen LogP contribution in [0.5, 0.6) is 0 Å². The summed E-state index contributed by atoms with van der Waals surface area (Å²) < 4.78 is 5.50. The molecule has 0 aromatic heterocycles. The molecule has 0 aliphatic carbocycles. The lowest BCUT2D eigenvalue weighted by Gasteiger charge is -2.20. The molecule has 0 saturated carbocycles. The smallest absolute Gasteiger partial charge is 0.305 e. The number of rotatable bonds is 71. The van der Waals surface area contributed by atoms with Crippen LogP contribution in [0.15, 0.2) is 36.5 Å². The Morgan fingerprint density at radius 1 is 0.337 bits per heavy atom. The van der Waals surface area contributed by atoms with Gasteiger partial charge in [-0.15, -0.1) is 0 Å². The minimum atomic E-state index is -0.851. The third-order valence-electron chi connectivity index (χ3n) is 17.7. The number of ether oxygens (including phenoxy) is 1. The summed E-state index contributed by atoms with van der Waals surface area (Å²) in [4.78, 5) is 24.6. The molecule has 2 atom stereocenters. The van der Waals surface area contributed by atoms with Crippen LogP contribution in [-0.4, -0.2) is 47.4 Å². The third-order valence-corrected chi connectivity index (χ3v) is 17.7. The molecule has 3 N–H and O–H groups in total. The molecule has 0 aliphatic heterocycles. The molecule has 2 unspecified atom stereocenters. The second kappa shape index (κ2) is 72.6. The average Bonchev–Trinajstić information content (AvgIpc) is 3.49. The number of carbonyl (C=O) groups excluding carboxylic acids is 2. The standard InChI is InChI=1S/C77H147NO5/c1-3-5-7-9-11-13-15-17-19-21-22-23-24-26-29-32-35-38-41-45-49-53-57-61-65-69-75(80)74(73-79)78-76(81)70-66-62-58-54-50-46-42-39-36-33-30-27-25-28-31-34-37-40-44-48-52-56-60-64-68-72-83-77(82)71-67-63-59-55-51-47-43-20-18-16-14-12-10-8-6-4-2/h27-28,30-31,65,69,74-75,79-80H,3-26,29,32-64,66-68,70-73H2,1-2H3,(H,78,81)/b30-27-,31-28-,69-65+. The van der Waals surface area contributed by atoms with Gasteiger partial charge in [-0.25, -0.2) is 0 Å². The molecule has 0 saturated heterocycles. The van der Waals surface area contributed by atoms with Crippen molar-refractivity contribution in [1.29, 1.82) is 0 Å². The first-order valence-electron chi connectivity index (χ1n) is 37.8. The lowest BCUT2D eigenvalue weighted by Crippen LogP contribution is -2.45. The summed E-state index contributed by atoms with van der Waals surface area (Å²) in [7, 11) is 0. The average molecular weight is 1170 g/mol. The lowest BCUT2D eigenvalue weighted by atomic mass is 10.0. The van der Waals surface area contributed by atoms with Crippen molar-refractivity contribution >= 4 is 11.9 Å². The van der Waals surface area contributed by atoms with Gasteiger partial charge in [0.15, 0.2) is 0 Å². The van der Waals surface area contributed by atoms with Crippen LogP contribution in [0.25, 0.3) is 0 Å². The summed E-state index contributed by atoms with van der Waals surface area (Å²) >= 11 is 0. The monoisotopic (exact) mass is 1170 g/mol. The van der Waals surface area contributed by atoms with Crippen LogP contribution in [0.1, 0.15) is 418 Å². The Hall–Kier alpha value is -1.92. The van der Waals surface area contributed by atoms with Gasteiger partial charge < -0.3 is 20.3 Å². The topological polar surface area (TPSA) is 95.9 Å². The van der Waals surface area contributed by atoms with Gasteiger partial charge >= 0.3 is 5.97 Å². The Morgan fingerprint density at radius 3 is 0.916 bits per heavy atom. The van der Waals surface area contributed by atoms with Crippen LogP contribution < -0.4 is 5.32 Å². The Morgan fingerprint density at radius 2 is 0.602 bits per heavy atom. The fourth-order valence-corrected chi connectivity index (χ4v) is 11.9. The summed E-state index contributed by atoms with van der Waals surface area (Å²) in [6, 6.07) is -0.635. The number of amides is 1. The summed E-state index contributed by atoms with van der Waals surface area (Å²) in [5.74, 6) is -0.0569. The fourth-order valence-electron chi connectivity index (χ4n) is 11.9. The Balaban J connectivity index is 3.44. The van der Waals surface area contributed by atoms with Crippen LogP contribution in [-0.2, 0) is 14.3 Å². The van der Waals surface area contributed by atoms with Crippen LogP contribution in [0.2, 0.25) is 0 Å². The van der Waals surface area contributed by atoms with E-state index in [2.05, 4.69) is 43.5 Å². The molecule has 490 valence electrons. The SMILES string of the molecule is CCCCCCCCCCCCCCCCCCCCCCCCC/C=C/C(O)C(CO)NC(=O)CCCCCCCCCCC/C=C\C/C=C\CCCCCCCCCCCOC(=O)CCCCCCCCCCCCCCCCCC. The van der Waals surface area contributed by atoms with E-state index >= 15 is 0 Å². The largest absolute Gasteiger partial charge is 0.466 e. The molecule has 0 spiro atoms. The highest BCUT2D eigenvalue weighted by molar-refractivity contribution is 5.76. The fraction of sp³-hybridized carbons (Fsp3) is 0.896. The number of nitrogens with one attached hydrogen (secondary N) is 1. The van der Waals surface area contributed by atoms with Crippen molar-refractivity contribution in [2.45, 2.75) is 431 Å². The molecule has 0 aromatic rings. The van der Waals surface area contributed by atoms with Crippen LogP contribution in [0.3, 0.4) is 0 Å². The predicted octanol–water partition coefficient (Wildman–Crippen LogP) is 24.7. The summed E-state index contributed by atoms with van der Waals surface area (Å²) in [6.45, 7) is 4.94. The Labute approximate surface area is 519 Å². The number of allylic oxidation sites excluding steroid dienone is 5. The highest BCUT2D eigenvalue weighted by Crippen LogP contribution is 2.19. The summed E-state index contributed by atoms with van der Waals surface area (Å²) in [5, 5.41) is 23.3. The molecule has 0 aliphatic rings. The number of hydrogen-bond acceptors (Lipinski definition) is 5. The maximum Gasteiger partial charge on any atom is 0.305 e. The molecule has 0 fully saturated rings. The van der Waals surface area contributed by atoms with Gasteiger partial charge in [0.05, 0.1) is 25.4 Å². The molecule has 0 rings (SSSR count). The second-order valence-electron chi connectivity index (χ2n) is 26.0. The van der Waals surface area contributed by atoms with Crippen LogP contribution in [0.4, 0.5) is 0 Å². The number of esters is 1. The van der Waals surface area contributed by atoms with Gasteiger partial charge in [0.2, 0.25) is 5.91 Å².